The van der Waals surface area contributed by atoms with E-state index in [2.05, 4.69) is 9.38 Å². The van der Waals surface area contributed by atoms with Gasteiger partial charge in [0.1, 0.15) is 10.8 Å². The van der Waals surface area contributed by atoms with Crippen LogP contribution in [-0.4, -0.2) is 15.4 Å². The van der Waals surface area contributed by atoms with Crippen molar-refractivity contribution >= 4 is 28.1 Å². The molecule has 0 aliphatic rings. The monoisotopic (exact) mass is 307 g/mol. The minimum Gasteiger partial charge on any atom is -0.328 e. The first-order chi connectivity index (χ1) is 9.63. The second kappa shape index (κ2) is 5.55. The molecule has 0 spiro atoms. The molecule has 0 aliphatic heterocycles. The van der Waals surface area contributed by atoms with E-state index in [-0.39, 0.29) is 11.9 Å². The van der Waals surface area contributed by atoms with Gasteiger partial charge >= 0.3 is 0 Å². The van der Waals surface area contributed by atoms with Crippen LogP contribution in [0.2, 0.25) is 0 Å². The number of aromatic nitrogens is 2. The number of hydrogen-bond donors (Lipinski definition) is 1. The van der Waals surface area contributed by atoms with Gasteiger partial charge in [0, 0.05) is 28.9 Å². The Morgan fingerprint density at radius 2 is 2.35 bits per heavy atom. The zero-order valence-corrected chi connectivity index (χ0v) is 12.5. The number of halogens is 1. The van der Waals surface area contributed by atoms with Crippen molar-refractivity contribution in [3.8, 4) is 0 Å². The highest BCUT2D eigenvalue weighted by molar-refractivity contribution is 7.99. The van der Waals surface area contributed by atoms with E-state index in [1.807, 2.05) is 24.6 Å². The van der Waals surface area contributed by atoms with Crippen LogP contribution in [0.4, 0.5) is 4.39 Å². The minimum absolute atomic E-state index is 0.0571. The summed E-state index contributed by atoms with van der Waals surface area (Å²) in [6, 6.07) is 6.62. The quantitative estimate of drug-likeness (QED) is 0.801. The fourth-order valence-corrected chi connectivity index (χ4v) is 3.79. The summed E-state index contributed by atoms with van der Waals surface area (Å²) in [5.41, 5.74) is 7.01. The van der Waals surface area contributed by atoms with Gasteiger partial charge in [0.2, 0.25) is 0 Å². The average Bonchev–Trinajstić information content (AvgIpc) is 2.93. The van der Waals surface area contributed by atoms with Crippen molar-refractivity contribution in [3.05, 3.63) is 47.4 Å². The number of thiazole rings is 1. The van der Waals surface area contributed by atoms with Crippen LogP contribution in [0.5, 0.6) is 0 Å². The molecular weight excluding hydrogens is 293 g/mol. The van der Waals surface area contributed by atoms with Gasteiger partial charge in [-0.25, -0.2) is 9.37 Å². The van der Waals surface area contributed by atoms with E-state index >= 15 is 0 Å². The van der Waals surface area contributed by atoms with Crippen molar-refractivity contribution in [2.45, 2.75) is 29.3 Å². The number of rotatable bonds is 4. The number of nitrogens with two attached hydrogens (primary N) is 1. The molecule has 3 rings (SSSR count). The van der Waals surface area contributed by atoms with Gasteiger partial charge in [-0.15, -0.1) is 11.3 Å². The molecule has 1 unspecified atom stereocenters. The Kier molecular flexibility index (Phi) is 3.78. The Morgan fingerprint density at radius 1 is 1.50 bits per heavy atom. The second-order valence-corrected chi connectivity index (χ2v) is 6.60. The van der Waals surface area contributed by atoms with Gasteiger partial charge in [-0.05, 0) is 25.1 Å². The topological polar surface area (TPSA) is 43.3 Å². The zero-order chi connectivity index (χ0) is 14.1. The first-order valence-corrected chi connectivity index (χ1v) is 7.96. The van der Waals surface area contributed by atoms with Gasteiger partial charge in [-0.3, -0.25) is 4.40 Å². The van der Waals surface area contributed by atoms with E-state index in [0.717, 1.165) is 27.0 Å². The Morgan fingerprint density at radius 3 is 3.10 bits per heavy atom. The molecule has 104 valence electrons. The van der Waals surface area contributed by atoms with Crippen LogP contribution < -0.4 is 5.73 Å². The first kappa shape index (κ1) is 13.6. The standard InChI is InChI=1S/C14H14FN3S2/c1-9(16)7-12-13(17-14-18(12)5-6-19-14)20-11-4-2-3-10(15)8-11/h2-6,8-9H,7,16H2,1H3. The van der Waals surface area contributed by atoms with Crippen molar-refractivity contribution < 1.29 is 4.39 Å². The van der Waals surface area contributed by atoms with E-state index < -0.39 is 0 Å². The molecule has 0 aliphatic carbocycles. The Balaban J connectivity index is 1.99. The van der Waals surface area contributed by atoms with Crippen LogP contribution in [0.1, 0.15) is 12.6 Å². The molecule has 0 radical (unpaired) electrons. The summed E-state index contributed by atoms with van der Waals surface area (Å²) >= 11 is 3.07. The van der Waals surface area contributed by atoms with Crippen LogP contribution in [0.3, 0.4) is 0 Å². The maximum Gasteiger partial charge on any atom is 0.194 e. The van der Waals surface area contributed by atoms with Gasteiger partial charge in [0.25, 0.3) is 0 Å². The van der Waals surface area contributed by atoms with E-state index in [4.69, 9.17) is 5.73 Å². The molecule has 0 bridgehead atoms. The molecule has 6 heteroatoms. The molecule has 2 N–H and O–H groups in total. The lowest BCUT2D eigenvalue weighted by Gasteiger charge is -2.07. The van der Waals surface area contributed by atoms with Gasteiger partial charge in [0.05, 0.1) is 5.69 Å². The van der Waals surface area contributed by atoms with Crippen molar-refractivity contribution in [1.82, 2.24) is 9.38 Å². The Hall–Kier alpha value is -1.37. The first-order valence-electron chi connectivity index (χ1n) is 6.27. The summed E-state index contributed by atoms with van der Waals surface area (Å²) < 4.78 is 15.3. The van der Waals surface area contributed by atoms with Crippen LogP contribution >= 0.6 is 23.1 Å². The van der Waals surface area contributed by atoms with Gasteiger partial charge in [0.15, 0.2) is 4.96 Å². The molecule has 2 heterocycles. The van der Waals surface area contributed by atoms with E-state index in [1.165, 1.54) is 23.9 Å². The largest absolute Gasteiger partial charge is 0.328 e. The number of fused-ring (bicyclic) bond motifs is 1. The van der Waals surface area contributed by atoms with Crippen molar-refractivity contribution in [2.75, 3.05) is 0 Å². The molecule has 0 amide bonds. The third kappa shape index (κ3) is 2.72. The maximum atomic E-state index is 13.3. The van der Waals surface area contributed by atoms with Crippen LogP contribution in [-0.2, 0) is 6.42 Å². The summed E-state index contributed by atoms with van der Waals surface area (Å²) in [6.07, 6.45) is 2.75. The lowest BCUT2D eigenvalue weighted by molar-refractivity contribution is 0.624. The lowest BCUT2D eigenvalue weighted by Crippen LogP contribution is -2.19. The molecule has 1 atom stereocenters. The summed E-state index contributed by atoms with van der Waals surface area (Å²) in [5, 5.41) is 2.91. The number of imidazole rings is 1. The molecule has 0 saturated carbocycles. The highest BCUT2D eigenvalue weighted by Crippen LogP contribution is 2.32. The third-order valence-corrected chi connectivity index (χ3v) is 4.62. The van der Waals surface area contributed by atoms with Gasteiger partial charge < -0.3 is 5.73 Å². The normalized spacial score (nSPS) is 12.9. The van der Waals surface area contributed by atoms with Crippen LogP contribution in [0.15, 0.2) is 45.8 Å². The van der Waals surface area contributed by atoms with Crippen molar-refractivity contribution in [3.63, 3.8) is 0 Å². The van der Waals surface area contributed by atoms with E-state index in [1.54, 1.807) is 17.4 Å². The van der Waals surface area contributed by atoms with Crippen molar-refractivity contribution in [2.24, 2.45) is 5.73 Å². The minimum atomic E-state index is -0.232. The molecular formula is C14H14FN3S2. The highest BCUT2D eigenvalue weighted by atomic mass is 32.2. The predicted octanol–water partition coefficient (Wildman–Crippen LogP) is 3.58. The molecule has 3 aromatic rings. The summed E-state index contributed by atoms with van der Waals surface area (Å²) in [4.78, 5) is 6.41. The summed E-state index contributed by atoms with van der Waals surface area (Å²) in [6.45, 7) is 1.97. The molecule has 0 fully saturated rings. The average molecular weight is 307 g/mol. The lowest BCUT2D eigenvalue weighted by atomic mass is 10.2. The molecule has 1 aromatic carbocycles. The SMILES string of the molecule is CC(N)Cc1c(Sc2cccc(F)c2)nc2sccn12. The van der Waals surface area contributed by atoms with Crippen molar-refractivity contribution in [1.29, 1.82) is 0 Å². The number of benzene rings is 1. The third-order valence-electron chi connectivity index (χ3n) is 2.85. The summed E-state index contributed by atoms with van der Waals surface area (Å²) in [7, 11) is 0. The van der Waals surface area contributed by atoms with Gasteiger partial charge in [-0.2, -0.15) is 0 Å². The fourth-order valence-electron chi connectivity index (χ4n) is 2.03. The Labute approximate surface area is 124 Å². The fraction of sp³-hybridized carbons (Fsp3) is 0.214. The number of hydrogen-bond acceptors (Lipinski definition) is 4. The maximum absolute atomic E-state index is 13.3. The Bertz CT molecular complexity index is 733. The predicted molar refractivity (Wildman–Crippen MR) is 80.9 cm³/mol. The number of nitrogens with zero attached hydrogens (tertiary/aromatic N) is 2. The van der Waals surface area contributed by atoms with E-state index in [9.17, 15) is 4.39 Å². The smallest absolute Gasteiger partial charge is 0.194 e. The zero-order valence-electron chi connectivity index (χ0n) is 10.9. The molecule has 20 heavy (non-hydrogen) atoms. The molecule has 2 aromatic heterocycles. The van der Waals surface area contributed by atoms with E-state index in [0.29, 0.717) is 0 Å². The van der Waals surface area contributed by atoms with Gasteiger partial charge in [-0.1, -0.05) is 17.8 Å². The second-order valence-electron chi connectivity index (χ2n) is 4.66. The van der Waals surface area contributed by atoms with Crippen LogP contribution in [0, 0.1) is 5.82 Å². The van der Waals surface area contributed by atoms with Crippen LogP contribution in [0.25, 0.3) is 4.96 Å². The highest BCUT2D eigenvalue weighted by Gasteiger charge is 2.15. The molecule has 3 nitrogen and oxygen atoms in total. The summed E-state index contributed by atoms with van der Waals surface area (Å²) in [5.74, 6) is -0.232. The molecule has 0 saturated heterocycles.